The number of nitrogens with zero attached hydrogens (tertiary/aromatic N) is 1. The summed E-state index contributed by atoms with van der Waals surface area (Å²) in [5.41, 5.74) is 1.18. The van der Waals surface area contributed by atoms with Crippen LogP contribution in [0, 0.1) is 12.8 Å². The molecule has 0 amide bonds. The van der Waals surface area contributed by atoms with Gasteiger partial charge in [0.05, 0.1) is 25.0 Å². The number of carbonyl (C=O) groups is 1. The van der Waals surface area contributed by atoms with Crippen LogP contribution in [0.1, 0.15) is 29.4 Å². The summed E-state index contributed by atoms with van der Waals surface area (Å²) in [5.74, 6) is 0.945. The van der Waals surface area contributed by atoms with E-state index in [1.807, 2.05) is 6.07 Å². The van der Waals surface area contributed by atoms with Crippen molar-refractivity contribution in [3.8, 4) is 0 Å². The number of carbonyl (C=O) groups excluding carboxylic acids is 1. The Balaban J connectivity index is 2.05. The summed E-state index contributed by atoms with van der Waals surface area (Å²) in [6.07, 6.45) is 1.08. The maximum atomic E-state index is 11.5. The van der Waals surface area contributed by atoms with E-state index in [0.717, 1.165) is 25.5 Å². The number of ether oxygens (including phenoxy) is 2. The van der Waals surface area contributed by atoms with E-state index in [2.05, 4.69) is 17.2 Å². The Labute approximate surface area is 113 Å². The molecule has 0 aromatic carbocycles. The van der Waals surface area contributed by atoms with Gasteiger partial charge in [0.15, 0.2) is 0 Å². The van der Waals surface area contributed by atoms with Crippen LogP contribution >= 0.6 is 0 Å². The fourth-order valence-electron chi connectivity index (χ4n) is 2.27. The molecule has 2 unspecified atom stereocenters. The van der Waals surface area contributed by atoms with Gasteiger partial charge in [-0.15, -0.1) is 0 Å². The molecule has 2 atom stereocenters. The molecule has 0 saturated carbocycles. The number of anilines is 1. The first kappa shape index (κ1) is 13.8. The van der Waals surface area contributed by atoms with Crippen LogP contribution in [0.2, 0.25) is 0 Å². The SMILES string of the molecule is COC(=O)c1ccc(NC(C)C2CCOC2)nc1C. The van der Waals surface area contributed by atoms with Crippen molar-refractivity contribution in [2.45, 2.75) is 26.3 Å². The van der Waals surface area contributed by atoms with E-state index in [-0.39, 0.29) is 5.97 Å². The number of hydrogen-bond donors (Lipinski definition) is 1. The summed E-state index contributed by atoms with van der Waals surface area (Å²) < 4.78 is 10.1. The van der Waals surface area contributed by atoms with Crippen LogP contribution < -0.4 is 5.32 Å². The van der Waals surface area contributed by atoms with Crippen LogP contribution in [0.4, 0.5) is 5.82 Å². The quantitative estimate of drug-likeness (QED) is 0.843. The standard InChI is InChI=1S/C14H20N2O3/c1-9(11-6-7-19-8-11)15-13-5-4-12(10(2)16-13)14(17)18-3/h4-5,9,11H,6-8H2,1-3H3,(H,15,16). The molecule has 1 aromatic rings. The van der Waals surface area contributed by atoms with E-state index in [9.17, 15) is 4.79 Å². The number of aromatic nitrogens is 1. The fourth-order valence-corrected chi connectivity index (χ4v) is 2.27. The zero-order chi connectivity index (χ0) is 13.8. The highest BCUT2D eigenvalue weighted by molar-refractivity contribution is 5.90. The monoisotopic (exact) mass is 264 g/mol. The molecular weight excluding hydrogens is 244 g/mol. The molecule has 1 saturated heterocycles. The average Bonchev–Trinajstić information content (AvgIpc) is 2.92. The lowest BCUT2D eigenvalue weighted by molar-refractivity contribution is 0.0599. The van der Waals surface area contributed by atoms with E-state index in [4.69, 9.17) is 9.47 Å². The summed E-state index contributed by atoms with van der Waals surface area (Å²) in [6.45, 7) is 5.57. The second-order valence-corrected chi connectivity index (χ2v) is 4.88. The van der Waals surface area contributed by atoms with Gasteiger partial charge in [-0.2, -0.15) is 0 Å². The Morgan fingerprint density at radius 2 is 2.37 bits per heavy atom. The highest BCUT2D eigenvalue weighted by Crippen LogP contribution is 2.20. The number of pyridine rings is 1. The van der Waals surface area contributed by atoms with Crippen LogP contribution in [-0.2, 0) is 9.47 Å². The topological polar surface area (TPSA) is 60.5 Å². The molecule has 19 heavy (non-hydrogen) atoms. The van der Waals surface area contributed by atoms with Gasteiger partial charge in [0, 0.05) is 18.6 Å². The summed E-state index contributed by atoms with van der Waals surface area (Å²) >= 11 is 0. The van der Waals surface area contributed by atoms with Crippen molar-refractivity contribution in [1.29, 1.82) is 0 Å². The van der Waals surface area contributed by atoms with Crippen molar-refractivity contribution in [2.75, 3.05) is 25.6 Å². The van der Waals surface area contributed by atoms with Crippen LogP contribution in [0.25, 0.3) is 0 Å². The molecule has 0 bridgehead atoms. The van der Waals surface area contributed by atoms with Gasteiger partial charge < -0.3 is 14.8 Å². The van der Waals surface area contributed by atoms with Gasteiger partial charge in [-0.3, -0.25) is 0 Å². The lowest BCUT2D eigenvalue weighted by Crippen LogP contribution is -2.26. The molecule has 5 heteroatoms. The zero-order valence-electron chi connectivity index (χ0n) is 11.6. The maximum absolute atomic E-state index is 11.5. The third-order valence-corrected chi connectivity index (χ3v) is 3.54. The molecule has 1 aromatic heterocycles. The summed E-state index contributed by atoms with van der Waals surface area (Å²) in [4.78, 5) is 15.9. The van der Waals surface area contributed by atoms with Gasteiger partial charge in [0.25, 0.3) is 0 Å². The Morgan fingerprint density at radius 3 is 2.95 bits per heavy atom. The van der Waals surface area contributed by atoms with Crippen molar-refractivity contribution >= 4 is 11.8 Å². The number of nitrogens with one attached hydrogen (secondary N) is 1. The van der Waals surface area contributed by atoms with Crippen molar-refractivity contribution in [2.24, 2.45) is 5.92 Å². The van der Waals surface area contributed by atoms with Crippen molar-refractivity contribution in [3.63, 3.8) is 0 Å². The lowest BCUT2D eigenvalue weighted by Gasteiger charge is -2.20. The highest BCUT2D eigenvalue weighted by atomic mass is 16.5. The van der Waals surface area contributed by atoms with E-state index in [1.165, 1.54) is 7.11 Å². The molecule has 5 nitrogen and oxygen atoms in total. The van der Waals surface area contributed by atoms with E-state index >= 15 is 0 Å². The summed E-state index contributed by atoms with van der Waals surface area (Å²) in [6, 6.07) is 3.86. The molecule has 104 valence electrons. The van der Waals surface area contributed by atoms with Crippen LogP contribution in [-0.4, -0.2) is 37.3 Å². The van der Waals surface area contributed by atoms with Crippen molar-refractivity contribution < 1.29 is 14.3 Å². The highest BCUT2D eigenvalue weighted by Gasteiger charge is 2.22. The third kappa shape index (κ3) is 3.23. The van der Waals surface area contributed by atoms with Gasteiger partial charge in [0.1, 0.15) is 5.82 Å². The smallest absolute Gasteiger partial charge is 0.339 e. The molecule has 0 radical (unpaired) electrons. The zero-order valence-corrected chi connectivity index (χ0v) is 11.6. The Bertz CT molecular complexity index is 456. The average molecular weight is 264 g/mol. The number of esters is 1. The minimum Gasteiger partial charge on any atom is -0.465 e. The van der Waals surface area contributed by atoms with E-state index in [1.54, 1.807) is 13.0 Å². The Morgan fingerprint density at radius 1 is 1.58 bits per heavy atom. The van der Waals surface area contributed by atoms with E-state index in [0.29, 0.717) is 23.2 Å². The molecule has 1 N–H and O–H groups in total. The van der Waals surface area contributed by atoms with Crippen molar-refractivity contribution in [1.82, 2.24) is 4.98 Å². The van der Waals surface area contributed by atoms with Gasteiger partial charge in [-0.1, -0.05) is 0 Å². The normalized spacial score (nSPS) is 20.1. The summed E-state index contributed by atoms with van der Waals surface area (Å²) in [7, 11) is 1.37. The Hall–Kier alpha value is -1.62. The molecule has 2 rings (SSSR count). The van der Waals surface area contributed by atoms with Crippen molar-refractivity contribution in [3.05, 3.63) is 23.4 Å². The van der Waals surface area contributed by atoms with Crippen LogP contribution in [0.5, 0.6) is 0 Å². The predicted molar refractivity (Wildman–Crippen MR) is 72.3 cm³/mol. The molecule has 1 fully saturated rings. The van der Waals surface area contributed by atoms with Crippen LogP contribution in [0.3, 0.4) is 0 Å². The minimum absolute atomic E-state index is 0.304. The first-order valence-electron chi connectivity index (χ1n) is 6.52. The van der Waals surface area contributed by atoms with Gasteiger partial charge >= 0.3 is 5.97 Å². The first-order valence-corrected chi connectivity index (χ1v) is 6.52. The maximum Gasteiger partial charge on any atom is 0.339 e. The number of rotatable bonds is 4. The number of hydrogen-bond acceptors (Lipinski definition) is 5. The number of aryl methyl sites for hydroxylation is 1. The van der Waals surface area contributed by atoms with E-state index < -0.39 is 0 Å². The van der Waals surface area contributed by atoms with Crippen LogP contribution in [0.15, 0.2) is 12.1 Å². The molecule has 1 aliphatic heterocycles. The largest absolute Gasteiger partial charge is 0.465 e. The molecule has 0 spiro atoms. The molecular formula is C14H20N2O3. The Kier molecular flexibility index (Phi) is 4.37. The molecule has 1 aliphatic rings. The fraction of sp³-hybridized carbons (Fsp3) is 0.571. The predicted octanol–water partition coefficient (Wildman–Crippen LogP) is 2.01. The van der Waals surface area contributed by atoms with Gasteiger partial charge in [-0.25, -0.2) is 9.78 Å². The molecule has 0 aliphatic carbocycles. The number of methoxy groups -OCH3 is 1. The lowest BCUT2D eigenvalue weighted by atomic mass is 10.0. The third-order valence-electron chi connectivity index (χ3n) is 3.54. The first-order chi connectivity index (χ1) is 9.11. The minimum atomic E-state index is -0.353. The summed E-state index contributed by atoms with van der Waals surface area (Å²) in [5, 5.41) is 3.37. The molecule has 2 heterocycles. The second-order valence-electron chi connectivity index (χ2n) is 4.88. The van der Waals surface area contributed by atoms with Gasteiger partial charge in [-0.05, 0) is 32.4 Å². The second kappa shape index (κ2) is 6.02. The van der Waals surface area contributed by atoms with Gasteiger partial charge in [0.2, 0.25) is 0 Å².